The fourth-order valence-corrected chi connectivity index (χ4v) is 2.04. The van der Waals surface area contributed by atoms with Crippen molar-refractivity contribution in [3.8, 4) is 23.4 Å². The molecule has 0 N–H and O–H groups in total. The highest BCUT2D eigenvalue weighted by molar-refractivity contribution is 6.30. The molecular weight excluding hydrogens is 353 g/mol. The van der Waals surface area contributed by atoms with Gasteiger partial charge in [-0.15, -0.1) is 0 Å². The molecule has 0 atom stereocenters. The maximum absolute atomic E-state index is 12.9. The summed E-state index contributed by atoms with van der Waals surface area (Å²) in [6, 6.07) is 10.6. The second-order valence-electron chi connectivity index (χ2n) is 4.70. The molecule has 126 valence electrons. The van der Waals surface area contributed by atoms with Crippen LogP contribution in [0.15, 0.2) is 54.7 Å². The Morgan fingerprint density at radius 1 is 1.08 bits per heavy atom. The Kier molecular flexibility index (Phi) is 4.71. The zero-order valence-corrected chi connectivity index (χ0v) is 13.2. The van der Waals surface area contributed by atoms with Gasteiger partial charge in [-0.3, -0.25) is 10.1 Å². The zero-order valence-electron chi connectivity index (χ0n) is 12.4. The zero-order chi connectivity index (χ0) is 17.8. The number of hydrogen-bond donors (Lipinski definition) is 0. The molecule has 25 heavy (non-hydrogen) atoms. The predicted octanol–water partition coefficient (Wildman–Crippen LogP) is 4.76. The van der Waals surface area contributed by atoms with Crippen molar-refractivity contribution < 1.29 is 18.8 Å². The Labute approximate surface area is 145 Å². The SMILES string of the molecule is O=[N+]([O-])c1cc(Cl)ccc1Oc1nccc(Oc2ccc(F)cc2)n1. The van der Waals surface area contributed by atoms with Crippen LogP contribution < -0.4 is 9.47 Å². The average Bonchev–Trinajstić information content (AvgIpc) is 2.59. The van der Waals surface area contributed by atoms with Gasteiger partial charge in [-0.1, -0.05) is 11.6 Å². The second kappa shape index (κ2) is 7.10. The fourth-order valence-electron chi connectivity index (χ4n) is 1.87. The van der Waals surface area contributed by atoms with Crippen LogP contribution in [-0.2, 0) is 0 Å². The molecule has 2 aromatic carbocycles. The minimum absolute atomic E-state index is 0.0617. The van der Waals surface area contributed by atoms with Gasteiger partial charge in [-0.2, -0.15) is 4.98 Å². The first-order valence-corrected chi connectivity index (χ1v) is 7.27. The summed E-state index contributed by atoms with van der Waals surface area (Å²) in [5.41, 5.74) is -0.319. The van der Waals surface area contributed by atoms with Gasteiger partial charge in [0.2, 0.25) is 11.6 Å². The van der Waals surface area contributed by atoms with E-state index in [0.29, 0.717) is 5.75 Å². The molecule has 3 rings (SSSR count). The van der Waals surface area contributed by atoms with Crippen molar-refractivity contribution in [2.75, 3.05) is 0 Å². The number of nitrogens with zero attached hydrogens (tertiary/aromatic N) is 3. The smallest absolute Gasteiger partial charge is 0.325 e. The van der Waals surface area contributed by atoms with E-state index < -0.39 is 10.7 Å². The van der Waals surface area contributed by atoms with Gasteiger partial charge >= 0.3 is 11.7 Å². The molecule has 3 aromatic rings. The van der Waals surface area contributed by atoms with E-state index in [-0.39, 0.29) is 28.3 Å². The highest BCUT2D eigenvalue weighted by Gasteiger charge is 2.17. The third kappa shape index (κ3) is 4.18. The summed E-state index contributed by atoms with van der Waals surface area (Å²) in [4.78, 5) is 18.3. The van der Waals surface area contributed by atoms with E-state index in [1.165, 1.54) is 48.7 Å². The van der Waals surface area contributed by atoms with E-state index in [0.717, 1.165) is 6.07 Å². The molecule has 0 fully saturated rings. The molecule has 9 heteroatoms. The molecule has 0 aliphatic carbocycles. The lowest BCUT2D eigenvalue weighted by Gasteiger charge is -2.07. The average molecular weight is 362 g/mol. The molecular formula is C16H9ClFN3O4. The summed E-state index contributed by atoms with van der Waals surface area (Å²) in [6.45, 7) is 0. The van der Waals surface area contributed by atoms with Gasteiger partial charge in [0.15, 0.2) is 0 Å². The van der Waals surface area contributed by atoms with Crippen LogP contribution in [0, 0.1) is 15.9 Å². The van der Waals surface area contributed by atoms with Crippen molar-refractivity contribution >= 4 is 17.3 Å². The lowest BCUT2D eigenvalue weighted by molar-refractivity contribution is -0.385. The molecule has 7 nitrogen and oxygen atoms in total. The molecule has 0 unspecified atom stereocenters. The monoisotopic (exact) mass is 361 g/mol. The van der Waals surface area contributed by atoms with Crippen LogP contribution in [0.5, 0.6) is 23.4 Å². The number of rotatable bonds is 5. The number of nitro benzene ring substituents is 1. The van der Waals surface area contributed by atoms with Gasteiger partial charge in [0.05, 0.1) is 4.92 Å². The standard InChI is InChI=1S/C16H9ClFN3O4/c17-10-1-6-14(13(9-10)21(22)23)25-16-19-8-7-15(20-16)24-12-4-2-11(18)3-5-12/h1-9H. The van der Waals surface area contributed by atoms with Crippen LogP contribution in [0.3, 0.4) is 0 Å². The van der Waals surface area contributed by atoms with Crippen molar-refractivity contribution in [1.29, 1.82) is 0 Å². The number of aromatic nitrogens is 2. The summed E-state index contributed by atoms with van der Waals surface area (Å²) in [7, 11) is 0. The highest BCUT2D eigenvalue weighted by atomic mass is 35.5. The van der Waals surface area contributed by atoms with Gasteiger partial charge in [0, 0.05) is 23.4 Å². The summed E-state index contributed by atoms with van der Waals surface area (Å²) < 4.78 is 23.7. The van der Waals surface area contributed by atoms with Gasteiger partial charge < -0.3 is 9.47 Å². The third-order valence-corrected chi connectivity index (χ3v) is 3.20. The van der Waals surface area contributed by atoms with Crippen molar-refractivity contribution in [3.05, 3.63) is 75.7 Å². The van der Waals surface area contributed by atoms with E-state index in [4.69, 9.17) is 21.1 Å². The molecule has 0 saturated carbocycles. The molecule has 0 spiro atoms. The Morgan fingerprint density at radius 3 is 2.56 bits per heavy atom. The molecule has 0 aliphatic rings. The van der Waals surface area contributed by atoms with E-state index in [9.17, 15) is 14.5 Å². The van der Waals surface area contributed by atoms with Crippen molar-refractivity contribution in [2.24, 2.45) is 0 Å². The van der Waals surface area contributed by atoms with Crippen LogP contribution in [0.25, 0.3) is 0 Å². The minimum Gasteiger partial charge on any atom is -0.439 e. The van der Waals surface area contributed by atoms with Crippen molar-refractivity contribution in [3.63, 3.8) is 0 Å². The Hall–Kier alpha value is -3.26. The largest absolute Gasteiger partial charge is 0.439 e. The van der Waals surface area contributed by atoms with E-state index in [1.54, 1.807) is 0 Å². The number of hydrogen-bond acceptors (Lipinski definition) is 6. The van der Waals surface area contributed by atoms with E-state index in [1.807, 2.05) is 0 Å². The third-order valence-electron chi connectivity index (χ3n) is 2.96. The second-order valence-corrected chi connectivity index (χ2v) is 5.14. The van der Waals surface area contributed by atoms with Crippen molar-refractivity contribution in [2.45, 2.75) is 0 Å². The van der Waals surface area contributed by atoms with Gasteiger partial charge in [-0.05, 0) is 36.4 Å². The van der Waals surface area contributed by atoms with Gasteiger partial charge in [-0.25, -0.2) is 9.37 Å². The van der Waals surface area contributed by atoms with Gasteiger partial charge in [0.1, 0.15) is 11.6 Å². The molecule has 0 bridgehead atoms. The normalized spacial score (nSPS) is 10.3. The van der Waals surface area contributed by atoms with Crippen LogP contribution >= 0.6 is 11.6 Å². The Bertz CT molecular complexity index is 922. The molecule has 1 aromatic heterocycles. The fraction of sp³-hybridized carbons (Fsp3) is 0. The Balaban J connectivity index is 1.83. The first-order chi connectivity index (χ1) is 12.0. The highest BCUT2D eigenvalue weighted by Crippen LogP contribution is 2.33. The molecule has 0 amide bonds. The maximum Gasteiger partial charge on any atom is 0.325 e. The lowest BCUT2D eigenvalue weighted by atomic mass is 10.3. The summed E-state index contributed by atoms with van der Waals surface area (Å²) in [5.74, 6) is 0.0409. The minimum atomic E-state index is -0.625. The number of benzene rings is 2. The van der Waals surface area contributed by atoms with E-state index >= 15 is 0 Å². The molecule has 0 saturated heterocycles. The molecule has 1 heterocycles. The predicted molar refractivity (Wildman–Crippen MR) is 86.7 cm³/mol. The van der Waals surface area contributed by atoms with Gasteiger partial charge in [0.25, 0.3) is 0 Å². The number of halogens is 2. The maximum atomic E-state index is 12.9. The van der Waals surface area contributed by atoms with E-state index in [2.05, 4.69) is 9.97 Å². The summed E-state index contributed by atoms with van der Waals surface area (Å²) in [6.07, 6.45) is 1.36. The lowest BCUT2D eigenvalue weighted by Crippen LogP contribution is -1.97. The summed E-state index contributed by atoms with van der Waals surface area (Å²) >= 11 is 5.75. The first-order valence-electron chi connectivity index (χ1n) is 6.89. The topological polar surface area (TPSA) is 87.4 Å². The number of nitro groups is 1. The molecule has 0 radical (unpaired) electrons. The first kappa shape index (κ1) is 16.6. The van der Waals surface area contributed by atoms with Crippen LogP contribution in [0.2, 0.25) is 5.02 Å². The van der Waals surface area contributed by atoms with Crippen LogP contribution in [-0.4, -0.2) is 14.9 Å². The Morgan fingerprint density at radius 2 is 1.84 bits per heavy atom. The molecule has 0 aliphatic heterocycles. The summed E-state index contributed by atoms with van der Waals surface area (Å²) in [5, 5.41) is 11.3. The van der Waals surface area contributed by atoms with Crippen LogP contribution in [0.1, 0.15) is 0 Å². The van der Waals surface area contributed by atoms with Crippen molar-refractivity contribution in [1.82, 2.24) is 9.97 Å². The quantitative estimate of drug-likeness (QED) is 0.481. The van der Waals surface area contributed by atoms with Crippen LogP contribution in [0.4, 0.5) is 10.1 Å². The number of ether oxygens (including phenoxy) is 2.